The van der Waals surface area contributed by atoms with Crippen LogP contribution in [0.15, 0.2) is 18.2 Å². The van der Waals surface area contributed by atoms with Crippen LogP contribution in [0, 0.1) is 13.8 Å². The van der Waals surface area contributed by atoms with Gasteiger partial charge in [-0.05, 0) is 45.9 Å². The highest BCUT2D eigenvalue weighted by Gasteiger charge is 2.22. The number of carbonyl (C=O) groups is 1. The van der Waals surface area contributed by atoms with Crippen LogP contribution in [-0.2, 0) is 24.3 Å². The average molecular weight is 343 g/mol. The van der Waals surface area contributed by atoms with E-state index < -0.39 is 0 Å². The highest BCUT2D eigenvalue weighted by molar-refractivity contribution is 5.75. The van der Waals surface area contributed by atoms with E-state index in [1.54, 1.807) is 4.68 Å². The number of aryl methyl sites for hydroxylation is 2. The van der Waals surface area contributed by atoms with E-state index in [0.29, 0.717) is 13.2 Å². The van der Waals surface area contributed by atoms with Crippen LogP contribution in [0.5, 0.6) is 11.5 Å². The van der Waals surface area contributed by atoms with E-state index in [1.165, 1.54) is 0 Å². The Labute approximate surface area is 148 Å². The zero-order chi connectivity index (χ0) is 18.0. The Morgan fingerprint density at radius 1 is 1.40 bits per heavy atom. The average Bonchev–Trinajstić information content (AvgIpc) is 3.05. The summed E-state index contributed by atoms with van der Waals surface area (Å²) in [5, 5.41) is 7.27. The molecule has 134 valence electrons. The van der Waals surface area contributed by atoms with E-state index >= 15 is 0 Å². The van der Waals surface area contributed by atoms with Crippen LogP contribution in [0.25, 0.3) is 0 Å². The predicted octanol–water partition coefficient (Wildman–Crippen LogP) is 2.54. The third kappa shape index (κ3) is 3.95. The van der Waals surface area contributed by atoms with Gasteiger partial charge in [-0.15, -0.1) is 0 Å². The van der Waals surface area contributed by atoms with E-state index in [-0.39, 0.29) is 18.6 Å². The number of benzene rings is 1. The molecule has 1 aromatic carbocycles. The molecule has 0 bridgehead atoms. The molecule has 2 heterocycles. The first-order valence-corrected chi connectivity index (χ1v) is 8.69. The van der Waals surface area contributed by atoms with E-state index in [1.807, 2.05) is 39.0 Å². The minimum Gasteiger partial charge on any atom is -0.494 e. The number of aromatic nitrogens is 2. The van der Waals surface area contributed by atoms with Gasteiger partial charge in [-0.25, -0.2) is 0 Å². The summed E-state index contributed by atoms with van der Waals surface area (Å²) in [7, 11) is 0. The molecule has 6 heteroatoms. The number of fused-ring (bicyclic) bond motifs is 1. The molecule has 1 aliphatic heterocycles. The molecule has 0 radical (unpaired) electrons. The van der Waals surface area contributed by atoms with Crippen molar-refractivity contribution in [1.82, 2.24) is 15.1 Å². The number of ether oxygens (including phenoxy) is 2. The summed E-state index contributed by atoms with van der Waals surface area (Å²) in [6, 6.07) is 5.97. The number of hydrogen-bond acceptors (Lipinski definition) is 4. The maximum Gasteiger partial charge on any atom is 0.242 e. The van der Waals surface area contributed by atoms with E-state index in [2.05, 4.69) is 17.3 Å². The van der Waals surface area contributed by atoms with Crippen LogP contribution in [0.3, 0.4) is 0 Å². The summed E-state index contributed by atoms with van der Waals surface area (Å²) >= 11 is 0. The van der Waals surface area contributed by atoms with E-state index in [0.717, 1.165) is 40.4 Å². The van der Waals surface area contributed by atoms with E-state index in [9.17, 15) is 4.79 Å². The second kappa shape index (κ2) is 7.17. The van der Waals surface area contributed by atoms with Crippen molar-refractivity contribution in [3.8, 4) is 11.5 Å². The normalized spacial score (nSPS) is 15.6. The van der Waals surface area contributed by atoms with Gasteiger partial charge in [0.05, 0.1) is 12.3 Å². The molecule has 3 rings (SSSR count). The molecular weight excluding hydrogens is 318 g/mol. The number of nitrogens with zero attached hydrogens (tertiary/aromatic N) is 2. The van der Waals surface area contributed by atoms with Gasteiger partial charge in [-0.1, -0.05) is 0 Å². The van der Waals surface area contributed by atoms with Crippen molar-refractivity contribution in [2.24, 2.45) is 0 Å². The van der Waals surface area contributed by atoms with E-state index in [4.69, 9.17) is 9.47 Å². The lowest BCUT2D eigenvalue weighted by Crippen LogP contribution is -2.28. The minimum atomic E-state index is -0.0802. The minimum absolute atomic E-state index is 0.0802. The Kier molecular flexibility index (Phi) is 4.97. The molecule has 1 atom stereocenters. The monoisotopic (exact) mass is 343 g/mol. The first-order valence-electron chi connectivity index (χ1n) is 8.69. The first-order chi connectivity index (χ1) is 12.0. The molecule has 6 nitrogen and oxygen atoms in total. The molecule has 1 amide bonds. The summed E-state index contributed by atoms with van der Waals surface area (Å²) in [4.78, 5) is 12.3. The number of hydrogen-bond donors (Lipinski definition) is 1. The topological polar surface area (TPSA) is 65.4 Å². The smallest absolute Gasteiger partial charge is 0.242 e. The molecule has 0 saturated heterocycles. The van der Waals surface area contributed by atoms with Gasteiger partial charge in [0, 0.05) is 29.8 Å². The molecular formula is C19H25N3O3. The highest BCUT2D eigenvalue weighted by Crippen LogP contribution is 2.35. The van der Waals surface area contributed by atoms with Crippen LogP contribution < -0.4 is 14.8 Å². The SMILES string of the molecule is CCOc1cc2c(cc1CNC(=O)Cn1nc(C)cc1C)OC(C)C2. The van der Waals surface area contributed by atoms with Gasteiger partial charge in [0.25, 0.3) is 0 Å². The second-order valence-corrected chi connectivity index (χ2v) is 6.49. The predicted molar refractivity (Wildman–Crippen MR) is 95.0 cm³/mol. The summed E-state index contributed by atoms with van der Waals surface area (Å²) in [6.07, 6.45) is 1.07. The zero-order valence-electron chi connectivity index (χ0n) is 15.3. The molecule has 0 saturated carbocycles. The van der Waals surface area contributed by atoms with Crippen molar-refractivity contribution in [3.63, 3.8) is 0 Å². The van der Waals surface area contributed by atoms with Crippen LogP contribution in [-0.4, -0.2) is 28.4 Å². The Balaban J connectivity index is 1.68. The number of nitrogens with one attached hydrogen (secondary N) is 1. The van der Waals surface area contributed by atoms with Crippen molar-refractivity contribution in [2.75, 3.05) is 6.61 Å². The fourth-order valence-electron chi connectivity index (χ4n) is 3.13. The van der Waals surface area contributed by atoms with Gasteiger partial charge < -0.3 is 14.8 Å². The summed E-state index contributed by atoms with van der Waals surface area (Å²) in [6.45, 7) is 9.07. The van der Waals surface area contributed by atoms with Gasteiger partial charge >= 0.3 is 0 Å². The Hall–Kier alpha value is -2.50. The molecule has 1 aromatic heterocycles. The van der Waals surface area contributed by atoms with Crippen LogP contribution >= 0.6 is 0 Å². The molecule has 25 heavy (non-hydrogen) atoms. The van der Waals surface area contributed by atoms with Crippen LogP contribution in [0.4, 0.5) is 0 Å². The fourth-order valence-corrected chi connectivity index (χ4v) is 3.13. The second-order valence-electron chi connectivity index (χ2n) is 6.49. The summed E-state index contributed by atoms with van der Waals surface area (Å²) < 4.78 is 13.3. The van der Waals surface area contributed by atoms with Crippen LogP contribution in [0.1, 0.15) is 36.4 Å². The summed E-state index contributed by atoms with van der Waals surface area (Å²) in [5.41, 5.74) is 3.97. The lowest BCUT2D eigenvalue weighted by atomic mass is 10.1. The molecule has 1 aliphatic rings. The van der Waals surface area contributed by atoms with Gasteiger partial charge in [-0.2, -0.15) is 5.10 Å². The largest absolute Gasteiger partial charge is 0.494 e. The third-order valence-electron chi connectivity index (χ3n) is 4.25. The fraction of sp³-hybridized carbons (Fsp3) is 0.474. The van der Waals surface area contributed by atoms with Crippen LogP contribution in [0.2, 0.25) is 0 Å². The molecule has 2 aromatic rings. The maximum atomic E-state index is 12.3. The van der Waals surface area contributed by atoms with Gasteiger partial charge in [0.1, 0.15) is 24.1 Å². The van der Waals surface area contributed by atoms with Crippen molar-refractivity contribution >= 4 is 5.91 Å². The summed E-state index contributed by atoms with van der Waals surface area (Å²) in [5.74, 6) is 1.62. The highest BCUT2D eigenvalue weighted by atomic mass is 16.5. The Morgan fingerprint density at radius 2 is 2.20 bits per heavy atom. The molecule has 0 aliphatic carbocycles. The Morgan fingerprint density at radius 3 is 2.88 bits per heavy atom. The standard InChI is InChI=1S/C19H25N3O3/c1-5-24-17-8-15-7-14(4)25-18(15)9-16(17)10-20-19(23)11-22-13(3)6-12(2)21-22/h6,8-9,14H,5,7,10-11H2,1-4H3,(H,20,23). The number of carbonyl (C=O) groups excluding carboxylic acids is 1. The van der Waals surface area contributed by atoms with Crippen molar-refractivity contribution < 1.29 is 14.3 Å². The van der Waals surface area contributed by atoms with Gasteiger partial charge in [0.2, 0.25) is 5.91 Å². The lowest BCUT2D eigenvalue weighted by Gasteiger charge is -2.13. The van der Waals surface area contributed by atoms with Crippen molar-refractivity contribution in [3.05, 3.63) is 40.7 Å². The third-order valence-corrected chi connectivity index (χ3v) is 4.25. The maximum absolute atomic E-state index is 12.3. The molecule has 0 fully saturated rings. The lowest BCUT2D eigenvalue weighted by molar-refractivity contribution is -0.122. The first kappa shape index (κ1) is 17.3. The molecule has 1 unspecified atom stereocenters. The number of rotatable bonds is 6. The molecule has 0 spiro atoms. The van der Waals surface area contributed by atoms with Gasteiger partial charge in [0.15, 0.2) is 0 Å². The zero-order valence-corrected chi connectivity index (χ0v) is 15.3. The van der Waals surface area contributed by atoms with Gasteiger partial charge in [-0.3, -0.25) is 9.48 Å². The number of amides is 1. The van der Waals surface area contributed by atoms with Crippen molar-refractivity contribution in [2.45, 2.75) is 53.3 Å². The molecule has 1 N–H and O–H groups in total. The Bertz CT molecular complexity index is 782. The van der Waals surface area contributed by atoms with Crippen molar-refractivity contribution in [1.29, 1.82) is 0 Å². The quantitative estimate of drug-likeness (QED) is 0.875.